The normalized spacial score (nSPS) is 14.1. The van der Waals surface area contributed by atoms with Crippen molar-refractivity contribution in [1.82, 2.24) is 4.98 Å². The van der Waals surface area contributed by atoms with Gasteiger partial charge in [-0.15, -0.1) is 10.2 Å². The van der Waals surface area contributed by atoms with Crippen LogP contribution in [0.2, 0.25) is 0 Å². The van der Waals surface area contributed by atoms with E-state index in [2.05, 4.69) is 10.1 Å². The Morgan fingerprint density at radius 2 is 1.55 bits per heavy atom. The maximum absolute atomic E-state index is 13.0. The standard InChI is InChI=1S/C11H6F7N3O/c12-9(13,10(14,15)16)11(17,18)21-20-7-5-3-1-2-4-6(5)19-8(7)22/h1-4,19,22H. The van der Waals surface area contributed by atoms with Crippen molar-refractivity contribution in [3.63, 3.8) is 0 Å². The number of halogens is 7. The van der Waals surface area contributed by atoms with Crippen LogP contribution in [-0.2, 0) is 0 Å². The first-order valence-corrected chi connectivity index (χ1v) is 5.52. The smallest absolute Gasteiger partial charge is 0.462 e. The van der Waals surface area contributed by atoms with Gasteiger partial charge >= 0.3 is 18.1 Å². The molecule has 0 atom stereocenters. The summed E-state index contributed by atoms with van der Waals surface area (Å²) in [6, 6.07) is -0.227. The number of hydrogen-bond donors (Lipinski definition) is 2. The van der Waals surface area contributed by atoms with Crippen molar-refractivity contribution >= 4 is 16.6 Å². The SMILES string of the molecule is Oc1[nH]c2ccccc2c1N=NC(F)(F)C(F)(F)C(F)(F)F. The number of para-hydroxylation sites is 1. The van der Waals surface area contributed by atoms with Crippen LogP contribution in [0.4, 0.5) is 36.4 Å². The van der Waals surface area contributed by atoms with Crippen molar-refractivity contribution in [2.75, 3.05) is 0 Å². The highest BCUT2D eigenvalue weighted by Crippen LogP contribution is 2.48. The molecule has 2 rings (SSSR count). The quantitative estimate of drug-likeness (QED) is 0.476. The maximum Gasteiger partial charge on any atom is 0.462 e. The number of fused-ring (bicyclic) bond motifs is 1. The number of azo groups is 1. The van der Waals surface area contributed by atoms with E-state index < -0.39 is 29.7 Å². The molecular weight excluding hydrogens is 323 g/mol. The minimum Gasteiger partial charge on any atom is -0.493 e. The van der Waals surface area contributed by atoms with Crippen LogP contribution < -0.4 is 0 Å². The highest BCUT2D eigenvalue weighted by molar-refractivity contribution is 5.93. The second-order valence-corrected chi connectivity index (χ2v) is 4.18. The predicted molar refractivity (Wildman–Crippen MR) is 60.4 cm³/mol. The summed E-state index contributed by atoms with van der Waals surface area (Å²) in [6.45, 7) is 0. The Bertz CT molecular complexity index is 720. The van der Waals surface area contributed by atoms with E-state index in [0.29, 0.717) is 0 Å². The first-order chi connectivity index (χ1) is 9.97. The summed E-state index contributed by atoms with van der Waals surface area (Å²) < 4.78 is 87.1. The average molecular weight is 329 g/mol. The number of hydrogen-bond acceptors (Lipinski definition) is 3. The number of nitrogens with one attached hydrogen (secondary N) is 1. The number of aromatic hydroxyl groups is 1. The van der Waals surface area contributed by atoms with Gasteiger partial charge in [-0.1, -0.05) is 18.2 Å². The van der Waals surface area contributed by atoms with Crippen LogP contribution >= 0.6 is 0 Å². The van der Waals surface area contributed by atoms with Gasteiger partial charge in [0.2, 0.25) is 5.88 Å². The van der Waals surface area contributed by atoms with E-state index in [-0.39, 0.29) is 10.9 Å². The van der Waals surface area contributed by atoms with Crippen LogP contribution in [0.15, 0.2) is 34.5 Å². The Morgan fingerprint density at radius 1 is 0.955 bits per heavy atom. The van der Waals surface area contributed by atoms with E-state index in [0.717, 1.165) is 0 Å². The van der Waals surface area contributed by atoms with Crippen LogP contribution in [0.25, 0.3) is 10.9 Å². The van der Waals surface area contributed by atoms with Gasteiger partial charge < -0.3 is 10.1 Å². The van der Waals surface area contributed by atoms with Gasteiger partial charge in [-0.2, -0.15) is 30.7 Å². The zero-order valence-corrected chi connectivity index (χ0v) is 10.3. The average Bonchev–Trinajstić information content (AvgIpc) is 2.70. The van der Waals surface area contributed by atoms with Gasteiger partial charge in [-0.05, 0) is 6.07 Å². The third-order valence-corrected chi connectivity index (χ3v) is 2.67. The lowest BCUT2D eigenvalue weighted by atomic mass is 10.2. The number of H-pyrrole nitrogens is 1. The minimum atomic E-state index is -6.50. The Labute approximate surface area is 117 Å². The van der Waals surface area contributed by atoms with Gasteiger partial charge in [0.05, 0.1) is 5.52 Å². The van der Waals surface area contributed by atoms with Gasteiger partial charge in [0.1, 0.15) is 0 Å². The minimum absolute atomic E-state index is 0.0230. The van der Waals surface area contributed by atoms with E-state index in [1.165, 1.54) is 24.3 Å². The molecule has 0 unspecified atom stereocenters. The highest BCUT2D eigenvalue weighted by Gasteiger charge is 2.74. The van der Waals surface area contributed by atoms with Gasteiger partial charge in [-0.3, -0.25) is 0 Å². The molecule has 0 saturated carbocycles. The Hall–Kier alpha value is -2.33. The fourth-order valence-corrected chi connectivity index (χ4v) is 1.56. The molecule has 1 aromatic carbocycles. The van der Waals surface area contributed by atoms with E-state index in [9.17, 15) is 35.8 Å². The molecule has 0 spiro atoms. The number of alkyl halides is 7. The lowest BCUT2D eigenvalue weighted by Crippen LogP contribution is -2.50. The summed E-state index contributed by atoms with van der Waals surface area (Å²) in [6.07, 6.45) is -6.50. The van der Waals surface area contributed by atoms with Crippen LogP contribution in [0.3, 0.4) is 0 Å². The van der Waals surface area contributed by atoms with Crippen molar-refractivity contribution < 1.29 is 35.8 Å². The first-order valence-electron chi connectivity index (χ1n) is 5.52. The summed E-state index contributed by atoms with van der Waals surface area (Å²) >= 11 is 0. The molecule has 0 aliphatic carbocycles. The van der Waals surface area contributed by atoms with Gasteiger partial charge in [-0.25, -0.2) is 0 Å². The predicted octanol–water partition coefficient (Wildman–Crippen LogP) is 4.75. The third-order valence-electron chi connectivity index (χ3n) is 2.67. The van der Waals surface area contributed by atoms with E-state index >= 15 is 0 Å². The van der Waals surface area contributed by atoms with Gasteiger partial charge in [0.25, 0.3) is 0 Å². The lowest BCUT2D eigenvalue weighted by molar-refractivity contribution is -0.353. The molecule has 2 N–H and O–H groups in total. The second kappa shape index (κ2) is 4.85. The molecule has 0 radical (unpaired) electrons. The summed E-state index contributed by atoms with van der Waals surface area (Å²) in [5.74, 6) is -7.19. The number of aromatic nitrogens is 1. The van der Waals surface area contributed by atoms with Crippen LogP contribution in [0.5, 0.6) is 5.88 Å². The number of aromatic amines is 1. The second-order valence-electron chi connectivity index (χ2n) is 4.18. The van der Waals surface area contributed by atoms with Crippen molar-refractivity contribution in [1.29, 1.82) is 0 Å². The number of rotatable bonds is 3. The fraction of sp³-hybridized carbons (Fsp3) is 0.273. The van der Waals surface area contributed by atoms with Gasteiger partial charge in [0, 0.05) is 5.39 Å². The van der Waals surface area contributed by atoms with Crippen molar-refractivity contribution in [3.8, 4) is 5.88 Å². The fourth-order valence-electron chi connectivity index (χ4n) is 1.56. The van der Waals surface area contributed by atoms with E-state index in [1.54, 1.807) is 5.11 Å². The maximum atomic E-state index is 13.0. The first kappa shape index (κ1) is 16.0. The van der Waals surface area contributed by atoms with E-state index in [1.807, 2.05) is 0 Å². The molecule has 11 heteroatoms. The van der Waals surface area contributed by atoms with Crippen molar-refractivity contribution in [2.45, 2.75) is 18.1 Å². The molecule has 0 bridgehead atoms. The highest BCUT2D eigenvalue weighted by atomic mass is 19.4. The van der Waals surface area contributed by atoms with Crippen molar-refractivity contribution in [2.24, 2.45) is 10.2 Å². The number of benzene rings is 1. The summed E-state index contributed by atoms with van der Waals surface area (Å²) in [5, 5.41) is 13.9. The molecule has 0 saturated heterocycles. The monoisotopic (exact) mass is 329 g/mol. The molecule has 1 aromatic heterocycles. The molecule has 120 valence electrons. The van der Waals surface area contributed by atoms with Crippen molar-refractivity contribution in [3.05, 3.63) is 24.3 Å². The van der Waals surface area contributed by atoms with Crippen LogP contribution in [0, 0.1) is 0 Å². The summed E-state index contributed by atoms with van der Waals surface area (Å²) in [7, 11) is 0. The summed E-state index contributed by atoms with van der Waals surface area (Å²) in [5.41, 5.74) is -0.465. The Balaban J connectivity index is 2.44. The van der Waals surface area contributed by atoms with Gasteiger partial charge in [0.15, 0.2) is 5.69 Å². The molecule has 4 nitrogen and oxygen atoms in total. The Kier molecular flexibility index (Phi) is 3.54. The Morgan fingerprint density at radius 3 is 2.14 bits per heavy atom. The molecule has 22 heavy (non-hydrogen) atoms. The summed E-state index contributed by atoms with van der Waals surface area (Å²) in [4.78, 5) is 2.28. The topological polar surface area (TPSA) is 60.7 Å². The molecule has 0 fully saturated rings. The lowest BCUT2D eigenvalue weighted by Gasteiger charge is -2.23. The number of nitrogens with zero attached hydrogens (tertiary/aromatic N) is 2. The largest absolute Gasteiger partial charge is 0.493 e. The molecule has 0 aliphatic heterocycles. The molecule has 2 aromatic rings. The molecule has 0 amide bonds. The zero-order valence-electron chi connectivity index (χ0n) is 10.3. The molecule has 1 heterocycles. The van der Waals surface area contributed by atoms with Crippen LogP contribution in [0.1, 0.15) is 0 Å². The van der Waals surface area contributed by atoms with E-state index in [4.69, 9.17) is 0 Å². The van der Waals surface area contributed by atoms with Crippen LogP contribution in [-0.4, -0.2) is 28.2 Å². The zero-order chi connectivity index (χ0) is 16.8. The third kappa shape index (κ3) is 2.46. The molecule has 0 aliphatic rings. The molecular formula is C11H6F7N3O.